The summed E-state index contributed by atoms with van der Waals surface area (Å²) < 4.78 is 22.6. The Morgan fingerprint density at radius 3 is 2.12 bits per heavy atom. The lowest BCUT2D eigenvalue weighted by Gasteiger charge is -2.36. The summed E-state index contributed by atoms with van der Waals surface area (Å²) in [5.74, 6) is -0.627. The largest absolute Gasteiger partial charge is 0.534 e. The predicted molar refractivity (Wildman–Crippen MR) is 127 cm³/mol. The number of hydrazone groups is 1. The standard InChI is InChI=1S/C23H33N3O7S/c1-14-13-15(11-12-16(14)34(10)30)17-23(8,18(27)25(9)24-17)26(19(28)31-21(2,3)4)33-20(29)32-22(5,6)7/h11-13H,1-10H3. The van der Waals surface area contributed by atoms with Gasteiger partial charge in [0.1, 0.15) is 16.9 Å². The summed E-state index contributed by atoms with van der Waals surface area (Å²) in [6.07, 6.45) is -0.690. The summed E-state index contributed by atoms with van der Waals surface area (Å²) in [4.78, 5) is 45.0. The van der Waals surface area contributed by atoms with Crippen LogP contribution in [-0.4, -0.2) is 68.2 Å². The molecular formula is C23H33N3O7S. The van der Waals surface area contributed by atoms with Crippen LogP contribution in [0.2, 0.25) is 0 Å². The Hall–Kier alpha value is -2.95. The van der Waals surface area contributed by atoms with Crippen LogP contribution >= 0.6 is 0 Å². The van der Waals surface area contributed by atoms with Gasteiger partial charge in [0.2, 0.25) is 5.54 Å². The maximum absolute atomic E-state index is 13.3. The molecule has 11 heteroatoms. The van der Waals surface area contributed by atoms with Crippen molar-refractivity contribution in [1.29, 1.82) is 0 Å². The third-order valence-electron chi connectivity index (χ3n) is 4.70. The Kier molecular flexibility index (Phi) is 7.51. The van der Waals surface area contributed by atoms with Crippen molar-refractivity contribution in [1.82, 2.24) is 10.1 Å². The van der Waals surface area contributed by atoms with Gasteiger partial charge in [-0.15, -0.1) is 5.06 Å². The third kappa shape index (κ3) is 5.94. The van der Waals surface area contributed by atoms with E-state index < -0.39 is 45.7 Å². The first-order valence-corrected chi connectivity index (χ1v) is 12.2. The van der Waals surface area contributed by atoms with Crippen LogP contribution in [0, 0.1) is 6.92 Å². The van der Waals surface area contributed by atoms with Crippen molar-refractivity contribution in [3.8, 4) is 0 Å². The van der Waals surface area contributed by atoms with E-state index in [0.29, 0.717) is 21.1 Å². The maximum Gasteiger partial charge on any atom is 0.534 e. The number of hydroxylamine groups is 2. The lowest BCUT2D eigenvalue weighted by Crippen LogP contribution is -2.61. The molecule has 1 aromatic rings. The second-order valence-electron chi connectivity index (χ2n) is 10.1. The molecule has 2 atom stereocenters. The van der Waals surface area contributed by atoms with Gasteiger partial charge in [0.15, 0.2) is 0 Å². The normalized spacial score (nSPS) is 19.4. The van der Waals surface area contributed by atoms with Crippen LogP contribution in [0.5, 0.6) is 0 Å². The number of ether oxygens (including phenoxy) is 2. The second kappa shape index (κ2) is 9.36. The van der Waals surface area contributed by atoms with Crippen molar-refractivity contribution >= 4 is 34.7 Å². The van der Waals surface area contributed by atoms with Crippen LogP contribution in [0.25, 0.3) is 0 Å². The van der Waals surface area contributed by atoms with Gasteiger partial charge in [-0.1, -0.05) is 6.07 Å². The van der Waals surface area contributed by atoms with E-state index in [1.165, 1.54) is 14.0 Å². The Morgan fingerprint density at radius 1 is 1.09 bits per heavy atom. The smallest absolute Gasteiger partial charge is 0.442 e. The Labute approximate surface area is 202 Å². The van der Waals surface area contributed by atoms with Gasteiger partial charge in [-0.25, -0.2) is 14.6 Å². The molecule has 2 amide bonds. The average molecular weight is 496 g/mol. The predicted octanol–water partition coefficient (Wildman–Crippen LogP) is 3.77. The summed E-state index contributed by atoms with van der Waals surface area (Å²) >= 11 is 0. The van der Waals surface area contributed by atoms with E-state index in [1.54, 1.807) is 72.9 Å². The summed E-state index contributed by atoms with van der Waals surface area (Å²) in [7, 11) is 0.211. The molecule has 188 valence electrons. The summed E-state index contributed by atoms with van der Waals surface area (Å²) in [6.45, 7) is 13.0. The van der Waals surface area contributed by atoms with Crippen molar-refractivity contribution in [2.24, 2.45) is 5.10 Å². The zero-order valence-electron chi connectivity index (χ0n) is 21.3. The molecule has 0 saturated heterocycles. The van der Waals surface area contributed by atoms with E-state index in [4.69, 9.17) is 14.3 Å². The molecule has 10 nitrogen and oxygen atoms in total. The lowest BCUT2D eigenvalue weighted by atomic mass is 9.89. The third-order valence-corrected chi connectivity index (χ3v) is 5.78. The molecule has 34 heavy (non-hydrogen) atoms. The van der Waals surface area contributed by atoms with Gasteiger partial charge in [-0.05, 0) is 73.1 Å². The summed E-state index contributed by atoms with van der Waals surface area (Å²) in [6, 6.07) is 5.02. The van der Waals surface area contributed by atoms with E-state index in [1.807, 2.05) is 0 Å². The number of carbonyl (C=O) groups is 3. The van der Waals surface area contributed by atoms with Crippen molar-refractivity contribution in [3.05, 3.63) is 29.3 Å². The second-order valence-corrected chi connectivity index (χ2v) is 11.5. The molecule has 0 fully saturated rings. The molecule has 0 bridgehead atoms. The number of hydrogen-bond acceptors (Lipinski definition) is 8. The lowest BCUT2D eigenvalue weighted by molar-refractivity contribution is -0.176. The van der Waals surface area contributed by atoms with Crippen molar-refractivity contribution in [2.45, 2.75) is 77.0 Å². The molecule has 1 aliphatic heterocycles. The summed E-state index contributed by atoms with van der Waals surface area (Å²) in [5.41, 5.74) is -2.39. The van der Waals surface area contributed by atoms with Crippen molar-refractivity contribution in [2.75, 3.05) is 13.3 Å². The minimum atomic E-state index is -1.87. The monoisotopic (exact) mass is 495 g/mol. The topological polar surface area (TPSA) is 115 Å². The van der Waals surface area contributed by atoms with Crippen LogP contribution in [0.1, 0.15) is 59.6 Å². The van der Waals surface area contributed by atoms with Gasteiger partial charge in [0.25, 0.3) is 5.91 Å². The van der Waals surface area contributed by atoms with Gasteiger partial charge in [-0.2, -0.15) is 5.10 Å². The number of amides is 2. The first-order valence-electron chi connectivity index (χ1n) is 10.6. The van der Waals surface area contributed by atoms with E-state index in [-0.39, 0.29) is 5.71 Å². The minimum Gasteiger partial charge on any atom is -0.442 e. The number of benzene rings is 1. The summed E-state index contributed by atoms with van der Waals surface area (Å²) in [5, 5.41) is 5.96. The Balaban J connectivity index is 2.62. The van der Waals surface area contributed by atoms with Crippen LogP contribution in [0.4, 0.5) is 9.59 Å². The molecule has 0 N–H and O–H groups in total. The maximum atomic E-state index is 13.3. The Bertz CT molecular complexity index is 1060. The van der Waals surface area contributed by atoms with Gasteiger partial charge < -0.3 is 9.47 Å². The number of aryl methyl sites for hydroxylation is 1. The fourth-order valence-corrected chi connectivity index (χ4v) is 4.08. The quantitative estimate of drug-likeness (QED) is 0.463. The molecule has 0 aliphatic carbocycles. The number of nitrogens with zero attached hydrogens (tertiary/aromatic N) is 3. The van der Waals surface area contributed by atoms with E-state index >= 15 is 0 Å². The highest BCUT2D eigenvalue weighted by molar-refractivity contribution is 7.84. The number of rotatable bonds is 3. The van der Waals surface area contributed by atoms with Crippen molar-refractivity contribution in [3.63, 3.8) is 0 Å². The molecule has 1 aliphatic rings. The first-order chi connectivity index (χ1) is 15.4. The zero-order valence-corrected chi connectivity index (χ0v) is 22.2. The highest BCUT2D eigenvalue weighted by Gasteiger charge is 2.57. The molecule has 1 heterocycles. The van der Waals surface area contributed by atoms with Crippen LogP contribution in [-0.2, 0) is 29.9 Å². The van der Waals surface area contributed by atoms with E-state index in [9.17, 15) is 18.6 Å². The average Bonchev–Trinajstić information content (AvgIpc) is 2.87. The van der Waals surface area contributed by atoms with Crippen LogP contribution in [0.3, 0.4) is 0 Å². The van der Waals surface area contributed by atoms with Crippen LogP contribution < -0.4 is 0 Å². The van der Waals surface area contributed by atoms with E-state index in [0.717, 1.165) is 5.01 Å². The van der Waals surface area contributed by atoms with E-state index in [2.05, 4.69) is 5.10 Å². The molecule has 2 rings (SSSR count). The molecule has 0 radical (unpaired) electrons. The van der Waals surface area contributed by atoms with Gasteiger partial charge in [-0.3, -0.25) is 13.8 Å². The minimum absolute atomic E-state index is 0.144. The molecule has 0 aromatic heterocycles. The molecule has 0 saturated carbocycles. The van der Waals surface area contributed by atoms with Crippen molar-refractivity contribution < 1.29 is 32.9 Å². The molecular weight excluding hydrogens is 462 g/mol. The van der Waals surface area contributed by atoms with Crippen LogP contribution in [0.15, 0.2) is 28.2 Å². The zero-order chi connectivity index (χ0) is 26.2. The molecule has 2 unspecified atom stereocenters. The Morgan fingerprint density at radius 2 is 1.65 bits per heavy atom. The molecule has 0 spiro atoms. The van der Waals surface area contributed by atoms with Gasteiger partial charge in [0, 0.05) is 23.8 Å². The fraction of sp³-hybridized carbons (Fsp3) is 0.565. The SMILES string of the molecule is Cc1cc(C2=NN(C)C(=O)C2(C)N(OC(=O)OC(C)(C)C)C(=O)OC(C)(C)C)ccc1S(C)=O. The number of likely N-dealkylation sites (N-methyl/N-ethyl adjacent to an activating group) is 1. The number of carbonyl (C=O) groups excluding carboxylic acids is 3. The molecule has 1 aromatic carbocycles. The highest BCUT2D eigenvalue weighted by Crippen LogP contribution is 2.33. The van der Waals surface area contributed by atoms with Gasteiger partial charge >= 0.3 is 12.2 Å². The number of hydrogen-bond donors (Lipinski definition) is 0. The highest BCUT2D eigenvalue weighted by atomic mass is 32.2. The first kappa shape index (κ1) is 27.3. The van der Waals surface area contributed by atoms with Gasteiger partial charge in [0.05, 0.1) is 10.8 Å². The fourth-order valence-electron chi connectivity index (χ4n) is 3.31.